The molecule has 0 aliphatic heterocycles. The summed E-state index contributed by atoms with van der Waals surface area (Å²) in [5.41, 5.74) is 0.852. The number of hydrogen-bond donors (Lipinski definition) is 3. The predicted molar refractivity (Wildman–Crippen MR) is 54.2 cm³/mol. The molecule has 1 aromatic heterocycles. The number of halogens is 1. The molecular weight excluding hydrogens is 204 g/mol. The van der Waals surface area contributed by atoms with E-state index in [1.165, 1.54) is 0 Å². The third kappa shape index (κ3) is 3.23. The summed E-state index contributed by atoms with van der Waals surface area (Å²) < 4.78 is 0. The van der Waals surface area contributed by atoms with Crippen LogP contribution in [0.3, 0.4) is 0 Å². The molecule has 1 heterocycles. The van der Waals surface area contributed by atoms with Crippen molar-refractivity contribution in [2.45, 2.75) is 6.04 Å². The highest BCUT2D eigenvalue weighted by atomic mass is 35.5. The topological polar surface area (TPSA) is 65.4 Å². The number of nitrogens with one attached hydrogen (secondary N) is 1. The van der Waals surface area contributed by atoms with Gasteiger partial charge in [-0.1, -0.05) is 17.7 Å². The minimum absolute atomic E-state index is 0.0384. The molecule has 0 fully saturated rings. The molecule has 3 N–H and O–H groups in total. The largest absolute Gasteiger partial charge is 0.395 e. The van der Waals surface area contributed by atoms with Crippen molar-refractivity contribution in [1.82, 2.24) is 10.3 Å². The van der Waals surface area contributed by atoms with Gasteiger partial charge in [0.25, 0.3) is 0 Å². The first-order valence-electron chi connectivity index (χ1n) is 4.34. The molecule has 4 nitrogen and oxygen atoms in total. The fraction of sp³-hybridized carbons (Fsp3) is 0.444. The first-order valence-corrected chi connectivity index (χ1v) is 4.72. The molecule has 0 radical (unpaired) electrons. The van der Waals surface area contributed by atoms with Gasteiger partial charge in [-0.25, -0.2) is 4.98 Å². The van der Waals surface area contributed by atoms with Gasteiger partial charge in [0, 0.05) is 12.7 Å². The highest BCUT2D eigenvalue weighted by molar-refractivity contribution is 6.29. The van der Waals surface area contributed by atoms with Crippen molar-refractivity contribution in [2.24, 2.45) is 0 Å². The van der Waals surface area contributed by atoms with Crippen LogP contribution in [0.4, 0.5) is 0 Å². The fourth-order valence-electron chi connectivity index (χ4n) is 1.12. The lowest BCUT2D eigenvalue weighted by atomic mass is 10.1. The lowest BCUT2D eigenvalue weighted by Gasteiger charge is -2.15. The Balaban J connectivity index is 2.64. The zero-order valence-electron chi connectivity index (χ0n) is 7.65. The monoisotopic (exact) mass is 216 g/mol. The average Bonchev–Trinajstić information content (AvgIpc) is 2.21. The number of aromatic nitrogens is 1. The molecule has 0 saturated carbocycles. The average molecular weight is 217 g/mol. The lowest BCUT2D eigenvalue weighted by Crippen LogP contribution is -2.27. The van der Waals surface area contributed by atoms with Gasteiger partial charge in [-0.15, -0.1) is 0 Å². The molecule has 1 atom stereocenters. The maximum atomic E-state index is 9.07. The quantitative estimate of drug-likeness (QED) is 0.622. The summed E-state index contributed by atoms with van der Waals surface area (Å²) in [6, 6.07) is 3.26. The van der Waals surface area contributed by atoms with Crippen LogP contribution in [0, 0.1) is 0 Å². The first-order chi connectivity index (χ1) is 6.77. The highest BCUT2D eigenvalue weighted by Gasteiger charge is 2.08. The Morgan fingerprint density at radius 3 is 2.71 bits per heavy atom. The number of aliphatic hydroxyl groups is 2. The number of aliphatic hydroxyl groups excluding tert-OH is 2. The molecule has 0 aliphatic carbocycles. The Morgan fingerprint density at radius 2 is 2.21 bits per heavy atom. The zero-order valence-corrected chi connectivity index (χ0v) is 8.41. The molecule has 78 valence electrons. The molecule has 14 heavy (non-hydrogen) atoms. The SMILES string of the molecule is OCCN[C@H](CO)c1ccc(Cl)nc1. The molecule has 0 amide bonds. The van der Waals surface area contributed by atoms with Crippen molar-refractivity contribution >= 4 is 11.6 Å². The zero-order chi connectivity index (χ0) is 10.4. The van der Waals surface area contributed by atoms with Crippen molar-refractivity contribution in [1.29, 1.82) is 0 Å². The third-order valence-corrected chi connectivity index (χ3v) is 2.06. The normalized spacial score (nSPS) is 12.8. The molecule has 5 heteroatoms. The van der Waals surface area contributed by atoms with E-state index >= 15 is 0 Å². The highest BCUT2D eigenvalue weighted by Crippen LogP contribution is 2.13. The molecule has 0 saturated heterocycles. The third-order valence-electron chi connectivity index (χ3n) is 1.84. The molecule has 0 bridgehead atoms. The Kier molecular flexibility index (Phi) is 4.82. The van der Waals surface area contributed by atoms with E-state index in [0.717, 1.165) is 5.56 Å². The van der Waals surface area contributed by atoms with E-state index in [9.17, 15) is 0 Å². The molecule has 0 spiro atoms. The van der Waals surface area contributed by atoms with Crippen LogP contribution in [0.1, 0.15) is 11.6 Å². The van der Waals surface area contributed by atoms with Crippen molar-refractivity contribution in [3.63, 3.8) is 0 Å². The summed E-state index contributed by atoms with van der Waals surface area (Å²) in [4.78, 5) is 3.91. The van der Waals surface area contributed by atoms with Crippen LogP contribution in [-0.2, 0) is 0 Å². The van der Waals surface area contributed by atoms with Crippen LogP contribution in [0.5, 0.6) is 0 Å². The van der Waals surface area contributed by atoms with Crippen LogP contribution < -0.4 is 5.32 Å². The fourth-order valence-corrected chi connectivity index (χ4v) is 1.23. The van der Waals surface area contributed by atoms with Gasteiger partial charge in [-0.2, -0.15) is 0 Å². The van der Waals surface area contributed by atoms with Gasteiger partial charge < -0.3 is 15.5 Å². The number of rotatable bonds is 5. The van der Waals surface area contributed by atoms with Crippen LogP contribution in [0.15, 0.2) is 18.3 Å². The van der Waals surface area contributed by atoms with Crippen molar-refractivity contribution in [3.05, 3.63) is 29.0 Å². The van der Waals surface area contributed by atoms with E-state index in [-0.39, 0.29) is 19.3 Å². The van der Waals surface area contributed by atoms with Crippen LogP contribution in [-0.4, -0.2) is 35.0 Å². The summed E-state index contributed by atoms with van der Waals surface area (Å²) in [6.07, 6.45) is 1.60. The van der Waals surface area contributed by atoms with Crippen LogP contribution in [0.2, 0.25) is 5.15 Å². The summed E-state index contributed by atoms with van der Waals surface area (Å²) in [7, 11) is 0. The van der Waals surface area contributed by atoms with Crippen LogP contribution >= 0.6 is 11.6 Å². The van der Waals surface area contributed by atoms with E-state index in [2.05, 4.69) is 10.3 Å². The second-order valence-corrected chi connectivity index (χ2v) is 3.21. The summed E-state index contributed by atoms with van der Waals surface area (Å²) in [6.45, 7) is 0.439. The number of pyridine rings is 1. The maximum absolute atomic E-state index is 9.07. The van der Waals surface area contributed by atoms with Crippen LogP contribution in [0.25, 0.3) is 0 Å². The van der Waals surface area contributed by atoms with Gasteiger partial charge in [-0.3, -0.25) is 0 Å². The smallest absolute Gasteiger partial charge is 0.129 e. The predicted octanol–water partition coefficient (Wildman–Crippen LogP) is 0.350. The Hall–Kier alpha value is -0.680. The van der Waals surface area contributed by atoms with E-state index < -0.39 is 0 Å². The van der Waals surface area contributed by atoms with Crippen molar-refractivity contribution in [3.8, 4) is 0 Å². The first kappa shape index (κ1) is 11.4. The second kappa shape index (κ2) is 5.93. The molecule has 0 aromatic carbocycles. The van der Waals surface area contributed by atoms with Gasteiger partial charge >= 0.3 is 0 Å². The Morgan fingerprint density at radius 1 is 1.43 bits per heavy atom. The summed E-state index contributed by atoms with van der Waals surface area (Å²) in [5, 5.41) is 21.1. The molecule has 0 aliphatic rings. The van der Waals surface area contributed by atoms with Gasteiger partial charge in [0.05, 0.1) is 19.3 Å². The molecule has 1 rings (SSSR count). The Labute approximate surface area is 87.6 Å². The van der Waals surface area contributed by atoms with Gasteiger partial charge in [0.15, 0.2) is 0 Å². The lowest BCUT2D eigenvalue weighted by molar-refractivity contribution is 0.227. The summed E-state index contributed by atoms with van der Waals surface area (Å²) >= 11 is 5.63. The molecule has 1 aromatic rings. The standard InChI is InChI=1S/C9H13ClN2O2/c10-9-2-1-7(5-12-9)8(6-14)11-3-4-13/h1-2,5,8,11,13-14H,3-4,6H2/t8-/m1/s1. The minimum Gasteiger partial charge on any atom is -0.395 e. The maximum Gasteiger partial charge on any atom is 0.129 e. The van der Waals surface area contributed by atoms with Gasteiger partial charge in [0.1, 0.15) is 5.15 Å². The number of nitrogens with zero attached hydrogens (tertiary/aromatic N) is 1. The molecule has 0 unspecified atom stereocenters. The second-order valence-electron chi connectivity index (χ2n) is 2.83. The minimum atomic E-state index is -0.202. The number of hydrogen-bond acceptors (Lipinski definition) is 4. The van der Waals surface area contributed by atoms with E-state index in [0.29, 0.717) is 11.7 Å². The van der Waals surface area contributed by atoms with E-state index in [1.54, 1.807) is 18.3 Å². The van der Waals surface area contributed by atoms with Gasteiger partial charge in [-0.05, 0) is 11.6 Å². The Bertz CT molecular complexity index is 266. The van der Waals surface area contributed by atoms with Gasteiger partial charge in [0.2, 0.25) is 0 Å². The van der Waals surface area contributed by atoms with Crippen molar-refractivity contribution in [2.75, 3.05) is 19.8 Å². The van der Waals surface area contributed by atoms with E-state index in [1.807, 2.05) is 0 Å². The summed E-state index contributed by atoms with van der Waals surface area (Å²) in [5.74, 6) is 0. The molecular formula is C9H13ClN2O2. The van der Waals surface area contributed by atoms with E-state index in [4.69, 9.17) is 21.8 Å². The van der Waals surface area contributed by atoms with Crippen molar-refractivity contribution < 1.29 is 10.2 Å².